The summed E-state index contributed by atoms with van der Waals surface area (Å²) in [5.41, 5.74) is 25.9. The molecule has 4 unspecified atom stereocenters. The number of nitrogens with one attached hydrogen (secondary N) is 4. The summed E-state index contributed by atoms with van der Waals surface area (Å²) in [5.74, 6) is 4.14. The lowest BCUT2D eigenvalue weighted by Crippen LogP contribution is -2.19. The number of primary amides is 1. The number of ether oxygens (including phenoxy) is 4. The van der Waals surface area contributed by atoms with Crippen LogP contribution in [0.15, 0.2) is 181 Å². The summed E-state index contributed by atoms with van der Waals surface area (Å²) >= 11 is 28.1. The highest BCUT2D eigenvalue weighted by atomic mass is 35.5. The van der Waals surface area contributed by atoms with Crippen molar-refractivity contribution in [1.29, 1.82) is 0 Å². The van der Waals surface area contributed by atoms with Crippen molar-refractivity contribution in [1.82, 2.24) is 63.1 Å². The van der Waals surface area contributed by atoms with Gasteiger partial charge in [-0.25, -0.2) is 65.1 Å². The van der Waals surface area contributed by atoms with Crippen LogP contribution in [0.5, 0.6) is 0 Å². The molecule has 147 heavy (non-hydrogen) atoms. The van der Waals surface area contributed by atoms with Crippen molar-refractivity contribution in [3.8, 4) is 0 Å². The number of Topliss-reactive ketones (excluding diaryl/α,β-unsaturated/α-hetero) is 2. The van der Waals surface area contributed by atoms with Crippen molar-refractivity contribution >= 4 is 224 Å². The first kappa shape index (κ1) is 108. The van der Waals surface area contributed by atoms with Gasteiger partial charge in [0, 0.05) is 116 Å². The summed E-state index contributed by atoms with van der Waals surface area (Å²) in [7, 11) is -10.2. The number of thioether (sulfide) groups is 2. The third-order valence-corrected chi connectivity index (χ3v) is 31.7. The van der Waals surface area contributed by atoms with E-state index in [9.17, 15) is 39.6 Å². The summed E-state index contributed by atoms with van der Waals surface area (Å²) in [6, 6.07) is 45.1. The standard InChI is InChI=1S/C24H28N4O4S.C20H21N3O3S.C19H21ClN4O3S.C19H21ClN4OS.C12H13Cl2N3O.C7H9NS.C4H7NO/c1-15-25-23-19(27-18-7-3-4-8-21(18)33(2,30)31)13-17(14-20(29)16-10-11-16)26-24(23)28(15)22-9-5-6-12-32-22;1-12-9-16-20(21-12)17(10-14(22-16)11-18(24)13-7-8-13)23-15-5-3-4-6-19(15)27(2,25)26;1-12-21-18-14(22-13-7-3-4-8-15(13)28(2,25)26)11-16(20)23-19(18)24(12)17-9-5-6-10-27-17;1-12-21-18-14(22-13-7-3-4-8-15(13)26-2)11-16(20)23-19(18)24(12)17-9-5-6-10-25-17;1-7-15-11-8(13)6-9(14)16-12(11)17(7)10-4-2-3-5-18-10;1-9-7-5-3-2-4-6(7)8;5-4(6)3-1-2-3/h3-4,7-8,13,16,22H,5-6,9-12,14H2,1-2H3,(H,26,27);3-6,10,13H,7-9,11H2,1-2H3,(H,22,23);3-4,7-8,11,17H,5-6,9-10H2,1-2H3,(H,22,23);3-4,7-8,11,17H,5-6,9-10H2,1-2H3,(H,22,23);6,10H,2-5H2,1H3;2-5H,8H2,1H3;3H,1-2H2,(H2,5,6). The molecule has 0 radical (unpaired) electrons. The molecule has 1 amide bonds. The lowest BCUT2D eigenvalue weighted by molar-refractivity contribution is -0.120. The number of imidazole rings is 4. The number of carbonyl (C=O) groups is 3. The van der Waals surface area contributed by atoms with Crippen LogP contribution < -0.4 is 32.7 Å². The molecule has 4 saturated heterocycles. The van der Waals surface area contributed by atoms with Crippen LogP contribution in [0.25, 0.3) is 44.7 Å². The van der Waals surface area contributed by atoms with Crippen molar-refractivity contribution in [3.63, 3.8) is 0 Å². The first-order chi connectivity index (χ1) is 70.4. The van der Waals surface area contributed by atoms with Gasteiger partial charge in [0.2, 0.25) is 5.91 Å². The van der Waals surface area contributed by atoms with Gasteiger partial charge in [0.1, 0.15) is 103 Å². The molecular formula is C105H120Cl4N20O13S5. The number of hydrogen-bond acceptors (Lipinski definition) is 30. The number of rotatable bonds is 24. The second kappa shape index (κ2) is 48.2. The van der Waals surface area contributed by atoms with E-state index in [1.807, 2.05) is 109 Å². The van der Waals surface area contributed by atoms with Crippen molar-refractivity contribution < 1.29 is 58.6 Å². The fraction of sp³-hybridized carbons (Fsp3) is 0.400. The largest absolute Gasteiger partial charge is 0.398 e. The highest BCUT2D eigenvalue weighted by Crippen LogP contribution is 2.44. The predicted octanol–water partition coefficient (Wildman–Crippen LogP) is 22.9. The van der Waals surface area contributed by atoms with E-state index in [-0.39, 0.29) is 81.2 Å². The highest BCUT2D eigenvalue weighted by Gasteiger charge is 2.35. The summed E-state index contributed by atoms with van der Waals surface area (Å²) in [5, 5.41) is 14.8. The number of pyridine rings is 5. The van der Waals surface area contributed by atoms with Crippen LogP contribution in [0.1, 0.15) is 188 Å². The number of anilines is 9. The van der Waals surface area contributed by atoms with Crippen LogP contribution in [0.2, 0.25) is 20.5 Å². The molecular weight excluding hydrogens is 2050 g/mol. The van der Waals surface area contributed by atoms with Gasteiger partial charge in [0.25, 0.3) is 0 Å². The van der Waals surface area contributed by atoms with E-state index in [1.165, 1.54) is 23.7 Å². The zero-order valence-corrected chi connectivity index (χ0v) is 90.5. The van der Waals surface area contributed by atoms with Gasteiger partial charge < -0.3 is 51.7 Å². The zero-order valence-electron chi connectivity index (χ0n) is 83.4. The molecule has 7 fully saturated rings. The first-order valence-corrected chi connectivity index (χ1v) is 58.6. The maximum Gasteiger partial charge on any atom is 0.220 e. The van der Waals surface area contributed by atoms with E-state index < -0.39 is 29.5 Å². The number of nitrogens with zero attached hydrogens (tertiary/aromatic N) is 14. The molecule has 8 aliphatic rings. The number of nitrogens with two attached hydrogens (primary N) is 2. The monoisotopic (exact) mass is 2170 g/mol. The Hall–Kier alpha value is -11.2. The highest BCUT2D eigenvalue weighted by molar-refractivity contribution is 7.99. The molecule has 3 aliphatic carbocycles. The smallest absolute Gasteiger partial charge is 0.220 e. The lowest BCUT2D eigenvalue weighted by Gasteiger charge is -2.25. The molecule has 14 heterocycles. The maximum atomic E-state index is 12.6. The number of aliphatic imine (C=N–C) groups is 1. The predicted molar refractivity (Wildman–Crippen MR) is 583 cm³/mol. The van der Waals surface area contributed by atoms with Gasteiger partial charge in [0.15, 0.2) is 52.1 Å². The number of fused-ring (bicyclic) bond motifs is 5. The van der Waals surface area contributed by atoms with Gasteiger partial charge in [-0.15, -0.1) is 23.5 Å². The number of aryl methyl sites for hydroxylation is 4. The van der Waals surface area contributed by atoms with Gasteiger partial charge in [-0.2, -0.15) is 0 Å². The second-order valence-electron chi connectivity index (χ2n) is 37.4. The van der Waals surface area contributed by atoms with E-state index in [4.69, 9.17) is 91.8 Å². The van der Waals surface area contributed by atoms with Crippen molar-refractivity contribution in [2.75, 3.05) is 84.7 Å². The van der Waals surface area contributed by atoms with E-state index in [0.717, 1.165) is 202 Å². The third-order valence-electron chi connectivity index (χ3n) is 25.8. The molecule has 776 valence electrons. The number of ketones is 2. The summed E-state index contributed by atoms with van der Waals surface area (Å²) < 4.78 is 105. The fourth-order valence-electron chi connectivity index (χ4n) is 18.1. The van der Waals surface area contributed by atoms with Gasteiger partial charge in [-0.05, 0) is 242 Å². The fourth-order valence-corrected chi connectivity index (χ4v) is 22.6. The molecule has 9 aromatic heterocycles. The minimum atomic E-state index is -3.44. The van der Waals surface area contributed by atoms with Gasteiger partial charge in [0.05, 0.1) is 82.3 Å². The molecule has 4 atom stereocenters. The van der Waals surface area contributed by atoms with Crippen LogP contribution in [0, 0.1) is 45.4 Å². The van der Waals surface area contributed by atoms with Crippen LogP contribution in [0.3, 0.4) is 0 Å². The van der Waals surface area contributed by atoms with Crippen molar-refractivity contribution in [2.45, 2.75) is 219 Å². The Kier molecular flexibility index (Phi) is 35.5. The third kappa shape index (κ3) is 27.3. The first-order valence-electron chi connectivity index (χ1n) is 49.0. The topological polar surface area (TPSA) is 439 Å². The molecule has 0 spiro atoms. The van der Waals surface area contributed by atoms with E-state index in [0.29, 0.717) is 126 Å². The van der Waals surface area contributed by atoms with Crippen LogP contribution >= 0.6 is 69.9 Å². The lowest BCUT2D eigenvalue weighted by atomic mass is 10.1. The molecule has 0 bridgehead atoms. The van der Waals surface area contributed by atoms with Gasteiger partial charge in [-0.1, -0.05) is 107 Å². The minimum absolute atomic E-state index is 0.00853. The van der Waals surface area contributed by atoms with Crippen LogP contribution in [-0.4, -0.2) is 169 Å². The maximum absolute atomic E-state index is 12.6. The summed E-state index contributed by atoms with van der Waals surface area (Å²) in [6.45, 7) is 12.6. The quantitative estimate of drug-likeness (QED) is 0.0186. The average Bonchev–Trinajstić information content (AvgIpc) is 1.63. The number of halogens is 4. The number of sulfone groups is 3. The number of carbonyl (C=O) groups excluding carboxylic acids is 3. The Balaban J connectivity index is 0.000000127. The van der Waals surface area contributed by atoms with Crippen LogP contribution in [-0.2, 0) is 82.1 Å². The molecule has 14 aromatic rings. The zero-order chi connectivity index (χ0) is 104. The number of amides is 1. The summed E-state index contributed by atoms with van der Waals surface area (Å²) in [6.07, 6.45) is 26.9. The van der Waals surface area contributed by atoms with Gasteiger partial charge in [-0.3, -0.25) is 42.6 Å². The number of hydrogen-bond donors (Lipinski definition) is 6. The SMILES string of the molecule is CC1=Nc2c(Nc3ccccc3S(C)(=O)=O)cc(CC(=O)C3CC3)nc2C1.CSc1ccccc1N.CSc1ccccc1Nc1cc(Cl)nc2c1nc(C)n2C1CCCCO1.Cc1nc2c(Cl)cc(Cl)nc2n1C1CCCCO1.Cc1nc2c(Nc3ccccc3S(C)(=O)=O)cc(CC(=O)C3CC3)nc2n1C1CCCCO1.Cc1nc2c(Nc3ccccc3S(C)(=O)=O)cc(Cl)nc2n1C1CCCCO1.NC(=O)C1CC1. The Labute approximate surface area is 883 Å². The number of para-hydroxylation sites is 5. The Bertz CT molecular complexity index is 7620. The molecule has 33 nitrogen and oxygen atoms in total. The molecule has 5 aliphatic heterocycles. The van der Waals surface area contributed by atoms with E-state index >= 15 is 0 Å². The van der Waals surface area contributed by atoms with Crippen LogP contribution in [0.4, 0.5) is 56.9 Å². The molecule has 5 aromatic carbocycles. The summed E-state index contributed by atoms with van der Waals surface area (Å²) in [4.78, 5) is 83.8. The molecule has 3 saturated carbocycles. The normalized spacial score (nSPS) is 17.6. The molecule has 8 N–H and O–H groups in total. The Morgan fingerprint density at radius 1 is 0.381 bits per heavy atom. The second-order valence-corrected chi connectivity index (χ2v) is 46.6. The van der Waals surface area contributed by atoms with Gasteiger partial charge >= 0.3 is 0 Å². The number of nitrogen functional groups attached to an aromatic ring is 1. The van der Waals surface area contributed by atoms with E-state index in [2.05, 4.69) is 79.1 Å². The van der Waals surface area contributed by atoms with E-state index in [1.54, 1.807) is 108 Å². The Morgan fingerprint density at radius 3 is 1.07 bits per heavy atom. The molecule has 22 rings (SSSR count). The average molecular weight is 2170 g/mol. The minimum Gasteiger partial charge on any atom is -0.398 e. The van der Waals surface area contributed by atoms with Crippen molar-refractivity contribution in [3.05, 3.63) is 213 Å². The Morgan fingerprint density at radius 2 is 0.707 bits per heavy atom. The van der Waals surface area contributed by atoms with Crippen molar-refractivity contribution in [2.24, 2.45) is 28.5 Å². The molecule has 42 heteroatoms. The number of aromatic nitrogens is 13. The number of benzene rings is 5.